The van der Waals surface area contributed by atoms with Crippen molar-refractivity contribution in [3.05, 3.63) is 51.4 Å². The molecule has 0 aliphatic carbocycles. The van der Waals surface area contributed by atoms with Crippen molar-refractivity contribution in [3.8, 4) is 0 Å². The molecule has 1 amide bonds. The summed E-state index contributed by atoms with van der Waals surface area (Å²) in [5.74, 6) is -2.19. The van der Waals surface area contributed by atoms with Crippen LogP contribution in [-0.4, -0.2) is 30.0 Å². The van der Waals surface area contributed by atoms with Crippen molar-refractivity contribution in [3.63, 3.8) is 0 Å². The van der Waals surface area contributed by atoms with Crippen LogP contribution in [0, 0.1) is 15.2 Å². The van der Waals surface area contributed by atoms with Gasteiger partial charge in [0, 0.05) is 16.7 Å². The monoisotopic (exact) mass is 430 g/mol. The highest BCUT2D eigenvalue weighted by Crippen LogP contribution is 2.34. The molecule has 5 nitrogen and oxygen atoms in total. The molecule has 1 aromatic heterocycles. The largest absolute Gasteiger partial charge is 0.365 e. The topological polar surface area (TPSA) is 71.2 Å². The van der Waals surface area contributed by atoms with Gasteiger partial charge in [0.2, 0.25) is 0 Å². The van der Waals surface area contributed by atoms with Gasteiger partial charge in [0.25, 0.3) is 5.91 Å². The lowest BCUT2D eigenvalue weighted by Crippen LogP contribution is -2.56. The van der Waals surface area contributed by atoms with E-state index in [0.29, 0.717) is 13.1 Å². The van der Waals surface area contributed by atoms with E-state index in [1.807, 2.05) is 22.6 Å². The number of nitrogens with two attached hydrogens (primary N) is 1. The normalized spacial score (nSPS) is 14.4. The molecular formula is C15H13F2IN4O. The van der Waals surface area contributed by atoms with Crippen LogP contribution < -0.4 is 16.0 Å². The van der Waals surface area contributed by atoms with Crippen LogP contribution in [0.25, 0.3) is 0 Å². The van der Waals surface area contributed by atoms with E-state index in [-0.39, 0.29) is 23.0 Å². The number of carbonyl (C=O) groups excluding carboxylic acids is 1. The first-order valence-corrected chi connectivity index (χ1v) is 7.95. The van der Waals surface area contributed by atoms with E-state index < -0.39 is 17.5 Å². The molecule has 0 bridgehead atoms. The lowest BCUT2D eigenvalue weighted by molar-refractivity contribution is 0.0996. The maximum Gasteiger partial charge on any atom is 0.253 e. The summed E-state index contributed by atoms with van der Waals surface area (Å²) in [6.45, 7) is 1.17. The quantitative estimate of drug-likeness (QED) is 0.730. The van der Waals surface area contributed by atoms with Crippen molar-refractivity contribution < 1.29 is 13.6 Å². The van der Waals surface area contributed by atoms with Crippen LogP contribution in [0.4, 0.5) is 20.2 Å². The van der Waals surface area contributed by atoms with E-state index in [0.717, 1.165) is 9.77 Å². The predicted octanol–water partition coefficient (Wildman–Crippen LogP) is 2.17. The second kappa shape index (κ2) is 6.36. The Morgan fingerprint density at radius 3 is 2.57 bits per heavy atom. The first kappa shape index (κ1) is 16.1. The third kappa shape index (κ3) is 3.00. The molecule has 120 valence electrons. The SMILES string of the molecule is NC(=O)c1c(F)cncc1N(c1ccc(I)cc1F)C1CNC1. The second-order valence-corrected chi connectivity index (χ2v) is 6.40. The number of primary amides is 1. The van der Waals surface area contributed by atoms with Gasteiger partial charge >= 0.3 is 0 Å². The van der Waals surface area contributed by atoms with Gasteiger partial charge in [-0.25, -0.2) is 8.78 Å². The molecule has 1 fully saturated rings. The van der Waals surface area contributed by atoms with Crippen molar-refractivity contribution in [2.45, 2.75) is 6.04 Å². The first-order valence-electron chi connectivity index (χ1n) is 6.87. The summed E-state index contributed by atoms with van der Waals surface area (Å²) in [6, 6.07) is 4.61. The van der Waals surface area contributed by atoms with Crippen LogP contribution in [0.5, 0.6) is 0 Å². The number of anilines is 2. The number of hydrogen-bond acceptors (Lipinski definition) is 4. The number of aromatic nitrogens is 1. The summed E-state index contributed by atoms with van der Waals surface area (Å²) in [4.78, 5) is 17.0. The minimum atomic E-state index is -0.914. The molecule has 0 radical (unpaired) electrons. The molecule has 23 heavy (non-hydrogen) atoms. The third-order valence-corrected chi connectivity index (χ3v) is 4.35. The fourth-order valence-electron chi connectivity index (χ4n) is 2.51. The van der Waals surface area contributed by atoms with Crippen LogP contribution >= 0.6 is 22.6 Å². The molecule has 3 N–H and O–H groups in total. The number of halogens is 3. The number of pyridine rings is 1. The Bertz CT molecular complexity index is 767. The second-order valence-electron chi connectivity index (χ2n) is 5.16. The summed E-state index contributed by atoms with van der Waals surface area (Å²) in [6.07, 6.45) is 2.25. The molecule has 0 atom stereocenters. The Morgan fingerprint density at radius 1 is 1.26 bits per heavy atom. The smallest absolute Gasteiger partial charge is 0.253 e. The number of benzene rings is 1. The summed E-state index contributed by atoms with van der Waals surface area (Å²) in [7, 11) is 0. The Hall–Kier alpha value is -1.81. The van der Waals surface area contributed by atoms with E-state index in [9.17, 15) is 13.6 Å². The molecule has 0 saturated carbocycles. The Labute approximate surface area is 145 Å². The van der Waals surface area contributed by atoms with E-state index in [4.69, 9.17) is 5.73 Å². The van der Waals surface area contributed by atoms with Gasteiger partial charge in [-0.2, -0.15) is 0 Å². The fourth-order valence-corrected chi connectivity index (χ4v) is 2.96. The van der Waals surface area contributed by atoms with Crippen LogP contribution in [0.15, 0.2) is 30.6 Å². The highest BCUT2D eigenvalue weighted by Gasteiger charge is 2.31. The van der Waals surface area contributed by atoms with Gasteiger partial charge in [-0.3, -0.25) is 9.78 Å². The average molecular weight is 430 g/mol. The Morgan fingerprint density at radius 2 is 2.00 bits per heavy atom. The van der Waals surface area contributed by atoms with Crippen LogP contribution in [0.3, 0.4) is 0 Å². The van der Waals surface area contributed by atoms with Crippen molar-refractivity contribution in [1.29, 1.82) is 0 Å². The summed E-state index contributed by atoms with van der Waals surface area (Å²) >= 11 is 2.01. The van der Waals surface area contributed by atoms with E-state index in [1.165, 1.54) is 12.3 Å². The molecule has 2 aromatic rings. The maximum atomic E-state index is 14.4. The molecule has 8 heteroatoms. The molecule has 0 spiro atoms. The summed E-state index contributed by atoms with van der Waals surface area (Å²) in [5, 5.41) is 3.08. The van der Waals surface area contributed by atoms with Gasteiger partial charge in [0.05, 0.1) is 29.8 Å². The van der Waals surface area contributed by atoms with Crippen LogP contribution in [0.1, 0.15) is 10.4 Å². The van der Waals surface area contributed by atoms with Crippen LogP contribution in [0.2, 0.25) is 0 Å². The number of nitrogens with zero attached hydrogens (tertiary/aromatic N) is 2. The minimum Gasteiger partial charge on any atom is -0.365 e. The van der Waals surface area contributed by atoms with Crippen molar-refractivity contribution in [1.82, 2.24) is 10.3 Å². The number of nitrogens with one attached hydrogen (secondary N) is 1. The van der Waals surface area contributed by atoms with Gasteiger partial charge in [-0.1, -0.05) is 0 Å². The zero-order valence-electron chi connectivity index (χ0n) is 11.9. The van der Waals surface area contributed by atoms with E-state index >= 15 is 0 Å². The summed E-state index contributed by atoms with van der Waals surface area (Å²) in [5.41, 5.74) is 5.45. The van der Waals surface area contributed by atoms with Crippen molar-refractivity contribution >= 4 is 39.9 Å². The van der Waals surface area contributed by atoms with Crippen LogP contribution in [-0.2, 0) is 0 Å². The molecule has 3 rings (SSSR count). The number of amides is 1. The predicted molar refractivity (Wildman–Crippen MR) is 90.6 cm³/mol. The highest BCUT2D eigenvalue weighted by molar-refractivity contribution is 14.1. The fraction of sp³-hybridized carbons (Fsp3) is 0.200. The Balaban J connectivity index is 2.18. The molecule has 1 aliphatic heterocycles. The van der Waals surface area contributed by atoms with E-state index in [2.05, 4.69) is 10.3 Å². The first-order chi connectivity index (χ1) is 11.0. The number of hydrogen-bond donors (Lipinski definition) is 2. The van der Waals surface area contributed by atoms with Gasteiger partial charge < -0.3 is 16.0 Å². The molecule has 1 aliphatic rings. The molecule has 2 heterocycles. The van der Waals surface area contributed by atoms with Crippen molar-refractivity contribution in [2.75, 3.05) is 18.0 Å². The lowest BCUT2D eigenvalue weighted by Gasteiger charge is -2.40. The van der Waals surface area contributed by atoms with Gasteiger partial charge in [-0.15, -0.1) is 0 Å². The highest BCUT2D eigenvalue weighted by atomic mass is 127. The zero-order chi connectivity index (χ0) is 16.6. The molecule has 1 saturated heterocycles. The molecule has 0 unspecified atom stereocenters. The zero-order valence-corrected chi connectivity index (χ0v) is 14.0. The standard InChI is InChI=1S/C15H13F2IN4O/c16-10-3-8(18)1-2-12(10)22(9-4-20-5-9)13-7-21-6-11(17)14(13)15(19)23/h1-3,6-7,9,20H,4-5H2,(H2,19,23). The third-order valence-electron chi connectivity index (χ3n) is 3.68. The average Bonchev–Trinajstić information content (AvgIpc) is 2.42. The maximum absolute atomic E-state index is 14.4. The van der Waals surface area contributed by atoms with Crippen molar-refractivity contribution in [2.24, 2.45) is 5.73 Å². The van der Waals surface area contributed by atoms with E-state index in [1.54, 1.807) is 17.0 Å². The van der Waals surface area contributed by atoms with Gasteiger partial charge in [-0.05, 0) is 40.8 Å². The van der Waals surface area contributed by atoms with Gasteiger partial charge in [0.15, 0.2) is 5.82 Å². The lowest BCUT2D eigenvalue weighted by atomic mass is 10.1. The Kier molecular flexibility index (Phi) is 4.44. The number of carbonyl (C=O) groups is 1. The summed E-state index contributed by atoms with van der Waals surface area (Å²) < 4.78 is 29.2. The minimum absolute atomic E-state index is 0.119. The molecular weight excluding hydrogens is 417 g/mol. The molecule has 1 aromatic carbocycles. The number of rotatable bonds is 4. The van der Waals surface area contributed by atoms with Gasteiger partial charge in [0.1, 0.15) is 11.4 Å².